The number of amides is 1. The number of carbonyl (C=O) groups excluding carboxylic acids is 1. The molecule has 0 aromatic heterocycles. The van der Waals surface area contributed by atoms with Gasteiger partial charge in [0.15, 0.2) is 0 Å². The number of carbonyl (C=O) groups is 1. The van der Waals surface area contributed by atoms with Crippen molar-refractivity contribution in [2.75, 3.05) is 13.2 Å². The summed E-state index contributed by atoms with van der Waals surface area (Å²) in [5.41, 5.74) is 1.05. The molecule has 6 nitrogen and oxygen atoms in total. The lowest BCUT2D eigenvalue weighted by molar-refractivity contribution is 0.0503. The summed E-state index contributed by atoms with van der Waals surface area (Å²) >= 11 is 6.12. The quantitative estimate of drug-likeness (QED) is 0.375. The van der Waals surface area contributed by atoms with Crippen molar-refractivity contribution in [2.24, 2.45) is 0 Å². The Kier molecular flexibility index (Phi) is 7.74. The third kappa shape index (κ3) is 6.01. The molecule has 0 bridgehead atoms. The van der Waals surface area contributed by atoms with E-state index < -0.39 is 21.8 Å². The molecule has 35 heavy (non-hydrogen) atoms. The van der Waals surface area contributed by atoms with Crippen molar-refractivity contribution in [2.45, 2.75) is 37.3 Å². The number of nitrogens with zero attached hydrogens (tertiary/aromatic N) is 1. The molecule has 3 aromatic rings. The van der Waals surface area contributed by atoms with Crippen molar-refractivity contribution < 1.29 is 26.5 Å². The zero-order chi connectivity index (χ0) is 25.0. The van der Waals surface area contributed by atoms with Crippen LogP contribution in [0.2, 0.25) is 5.02 Å². The molecule has 0 radical (unpaired) electrons. The molecule has 4 rings (SSSR count). The summed E-state index contributed by atoms with van der Waals surface area (Å²) in [7, 11) is -4.19. The average Bonchev–Trinajstić information content (AvgIpc) is 3.31. The van der Waals surface area contributed by atoms with E-state index in [1.807, 2.05) is 0 Å². The average molecular weight is 518 g/mol. The second kappa shape index (κ2) is 10.8. The molecule has 0 saturated carbocycles. The molecular weight excluding hydrogens is 493 g/mol. The normalized spacial score (nSPS) is 15.7. The summed E-state index contributed by atoms with van der Waals surface area (Å²) in [6.45, 7) is 2.66. The van der Waals surface area contributed by atoms with Gasteiger partial charge in [0.05, 0.1) is 16.7 Å². The summed E-state index contributed by atoms with van der Waals surface area (Å²) in [5, 5.41) is 0.0689. The second-order valence-electron chi connectivity index (χ2n) is 8.37. The predicted molar refractivity (Wildman–Crippen MR) is 131 cm³/mol. The van der Waals surface area contributed by atoms with Crippen LogP contribution in [-0.4, -0.2) is 38.5 Å². The molecule has 1 fully saturated rings. The van der Waals surface area contributed by atoms with Gasteiger partial charge in [0.25, 0.3) is 5.91 Å². The number of rotatable bonds is 8. The molecule has 9 heteroatoms. The molecule has 3 aromatic carbocycles. The van der Waals surface area contributed by atoms with Crippen LogP contribution in [0.25, 0.3) is 0 Å². The van der Waals surface area contributed by atoms with Gasteiger partial charge >= 0.3 is 10.1 Å². The van der Waals surface area contributed by atoms with Gasteiger partial charge in [-0.05, 0) is 61.2 Å². The molecule has 1 heterocycles. The van der Waals surface area contributed by atoms with Gasteiger partial charge in [-0.2, -0.15) is 8.42 Å². The topological polar surface area (TPSA) is 72.9 Å². The van der Waals surface area contributed by atoms with Crippen molar-refractivity contribution in [3.8, 4) is 5.75 Å². The summed E-state index contributed by atoms with van der Waals surface area (Å²) < 4.78 is 51.2. The summed E-state index contributed by atoms with van der Waals surface area (Å²) in [6.07, 6.45) is 1.56. The monoisotopic (exact) mass is 517 g/mol. The maximum atomic E-state index is 14.4. The Morgan fingerprint density at radius 3 is 2.63 bits per heavy atom. The van der Waals surface area contributed by atoms with Crippen LogP contribution in [-0.2, 0) is 21.4 Å². The van der Waals surface area contributed by atoms with Crippen molar-refractivity contribution in [3.63, 3.8) is 0 Å². The molecule has 0 aliphatic carbocycles. The number of hydrogen-bond acceptors (Lipinski definition) is 5. The third-order valence-corrected chi connectivity index (χ3v) is 7.61. The maximum absolute atomic E-state index is 14.4. The van der Waals surface area contributed by atoms with Gasteiger partial charge < -0.3 is 13.8 Å². The maximum Gasteiger partial charge on any atom is 0.340 e. The highest BCUT2D eigenvalue weighted by Crippen LogP contribution is 2.28. The van der Waals surface area contributed by atoms with E-state index in [2.05, 4.69) is 0 Å². The number of benzene rings is 3. The largest absolute Gasteiger partial charge is 0.379 e. The van der Waals surface area contributed by atoms with E-state index in [9.17, 15) is 17.6 Å². The van der Waals surface area contributed by atoms with E-state index in [1.54, 1.807) is 43.3 Å². The predicted octanol–water partition coefficient (Wildman–Crippen LogP) is 5.38. The molecule has 1 amide bonds. The van der Waals surface area contributed by atoms with Crippen molar-refractivity contribution in [3.05, 3.63) is 94.3 Å². The van der Waals surface area contributed by atoms with Crippen LogP contribution >= 0.6 is 11.6 Å². The molecule has 1 aliphatic rings. The van der Waals surface area contributed by atoms with Crippen molar-refractivity contribution in [1.29, 1.82) is 0 Å². The molecule has 0 spiro atoms. The first-order valence-electron chi connectivity index (χ1n) is 11.2. The molecule has 0 N–H and O–H groups in total. The molecule has 1 saturated heterocycles. The van der Waals surface area contributed by atoms with Crippen LogP contribution in [0.3, 0.4) is 0 Å². The van der Waals surface area contributed by atoms with Crippen LogP contribution in [0.4, 0.5) is 4.39 Å². The fourth-order valence-electron chi connectivity index (χ4n) is 4.08. The van der Waals surface area contributed by atoms with E-state index in [0.29, 0.717) is 17.7 Å². The Morgan fingerprint density at radius 2 is 1.91 bits per heavy atom. The second-order valence-corrected chi connectivity index (χ2v) is 10.3. The van der Waals surface area contributed by atoms with Gasteiger partial charge in [-0.1, -0.05) is 48.0 Å². The third-order valence-electron chi connectivity index (χ3n) is 5.73. The fraction of sp³-hybridized carbons (Fsp3) is 0.269. The zero-order valence-electron chi connectivity index (χ0n) is 19.1. The van der Waals surface area contributed by atoms with Gasteiger partial charge in [0, 0.05) is 19.7 Å². The van der Waals surface area contributed by atoms with Crippen LogP contribution in [0.5, 0.6) is 5.75 Å². The Labute approximate surface area is 209 Å². The number of hydrogen-bond donors (Lipinski definition) is 0. The van der Waals surface area contributed by atoms with Crippen LogP contribution in [0.1, 0.15) is 34.3 Å². The SMILES string of the molecule is Cc1cccc(Cl)c1S(=O)(=O)Oc1cccc(CN(C[C@H]2CCCO2)C(=O)c2ccccc2F)c1. The molecule has 184 valence electrons. The highest BCUT2D eigenvalue weighted by molar-refractivity contribution is 7.87. The number of aryl methyl sites for hydroxylation is 1. The Hall–Kier alpha value is -2.94. The van der Waals surface area contributed by atoms with Gasteiger partial charge in [-0.25, -0.2) is 4.39 Å². The van der Waals surface area contributed by atoms with Crippen molar-refractivity contribution >= 4 is 27.6 Å². The summed E-state index contributed by atoms with van der Waals surface area (Å²) in [4.78, 5) is 14.6. The lowest BCUT2D eigenvalue weighted by atomic mass is 10.1. The Morgan fingerprint density at radius 1 is 1.14 bits per heavy atom. The van der Waals surface area contributed by atoms with Gasteiger partial charge in [-0.3, -0.25) is 4.79 Å². The van der Waals surface area contributed by atoms with E-state index in [-0.39, 0.29) is 40.4 Å². The molecule has 1 aliphatic heterocycles. The van der Waals surface area contributed by atoms with Gasteiger partial charge in [-0.15, -0.1) is 0 Å². The zero-order valence-corrected chi connectivity index (χ0v) is 20.7. The standard InChI is InChI=1S/C26H25ClFNO5S/c1-18-7-4-12-23(27)25(18)35(31,32)34-20-9-5-8-19(15-20)16-29(17-21-10-6-14-33-21)26(30)22-11-2-3-13-24(22)28/h2-5,7-9,11-13,15,21H,6,10,14,16-17H2,1H3/t21-/m1/s1. The van der Waals surface area contributed by atoms with E-state index in [0.717, 1.165) is 12.8 Å². The minimum absolute atomic E-state index is 0.0327. The first-order chi connectivity index (χ1) is 16.7. The number of halogens is 2. The van der Waals surface area contributed by atoms with Crippen LogP contribution < -0.4 is 4.18 Å². The highest BCUT2D eigenvalue weighted by atomic mass is 35.5. The fourth-order valence-corrected chi connectivity index (χ4v) is 5.79. The minimum Gasteiger partial charge on any atom is -0.379 e. The highest BCUT2D eigenvalue weighted by Gasteiger charge is 2.26. The lowest BCUT2D eigenvalue weighted by Gasteiger charge is -2.26. The first-order valence-corrected chi connectivity index (χ1v) is 13.0. The Balaban J connectivity index is 1.58. The van der Waals surface area contributed by atoms with E-state index in [4.69, 9.17) is 20.5 Å². The van der Waals surface area contributed by atoms with Crippen LogP contribution in [0.15, 0.2) is 71.6 Å². The van der Waals surface area contributed by atoms with E-state index >= 15 is 0 Å². The smallest absolute Gasteiger partial charge is 0.340 e. The van der Waals surface area contributed by atoms with Crippen molar-refractivity contribution in [1.82, 2.24) is 4.90 Å². The first kappa shape index (κ1) is 25.2. The number of ether oxygens (including phenoxy) is 1. The Bertz CT molecular complexity index is 1300. The summed E-state index contributed by atoms with van der Waals surface area (Å²) in [6, 6.07) is 17.0. The van der Waals surface area contributed by atoms with E-state index in [1.165, 1.54) is 35.2 Å². The lowest BCUT2D eigenvalue weighted by Crippen LogP contribution is -2.37. The van der Waals surface area contributed by atoms with Gasteiger partial charge in [0.2, 0.25) is 0 Å². The van der Waals surface area contributed by atoms with Gasteiger partial charge in [0.1, 0.15) is 16.5 Å². The summed E-state index contributed by atoms with van der Waals surface area (Å²) in [5.74, 6) is -0.991. The molecule has 1 atom stereocenters. The molecule has 0 unspecified atom stereocenters. The molecular formula is C26H25ClFNO5S. The van der Waals surface area contributed by atoms with Crippen LogP contribution in [0, 0.1) is 12.7 Å². The minimum atomic E-state index is -4.19.